The van der Waals surface area contributed by atoms with Crippen LogP contribution < -0.4 is 5.32 Å². The summed E-state index contributed by atoms with van der Waals surface area (Å²) in [6.45, 7) is 3.86. The summed E-state index contributed by atoms with van der Waals surface area (Å²) in [6.07, 6.45) is 0.718. The van der Waals surface area contributed by atoms with Crippen LogP contribution in [0.15, 0.2) is 22.7 Å². The van der Waals surface area contributed by atoms with E-state index in [0.717, 1.165) is 16.5 Å². The standard InChI is InChI=1S/C12H16BrNO2/c1-3-10(7-15)14-12(16)9-5-4-8(2)11(13)6-9/h4-6,10,15H,3,7H2,1-2H3,(H,14,16)/t10-/m0/s1. The maximum atomic E-state index is 11.8. The van der Waals surface area contributed by atoms with Gasteiger partial charge in [-0.1, -0.05) is 28.9 Å². The van der Waals surface area contributed by atoms with Gasteiger partial charge in [-0.3, -0.25) is 4.79 Å². The van der Waals surface area contributed by atoms with E-state index in [1.165, 1.54) is 0 Å². The molecule has 0 saturated carbocycles. The molecule has 0 heterocycles. The van der Waals surface area contributed by atoms with Crippen LogP contribution in [-0.4, -0.2) is 23.7 Å². The van der Waals surface area contributed by atoms with Gasteiger partial charge in [0.15, 0.2) is 0 Å². The van der Waals surface area contributed by atoms with Crippen molar-refractivity contribution in [1.29, 1.82) is 0 Å². The molecule has 1 amide bonds. The predicted octanol–water partition coefficient (Wildman–Crippen LogP) is 2.26. The molecule has 0 aliphatic heterocycles. The maximum absolute atomic E-state index is 11.8. The quantitative estimate of drug-likeness (QED) is 0.892. The van der Waals surface area contributed by atoms with Gasteiger partial charge in [-0.15, -0.1) is 0 Å². The molecule has 1 atom stereocenters. The lowest BCUT2D eigenvalue weighted by molar-refractivity contribution is 0.0915. The monoisotopic (exact) mass is 285 g/mol. The third kappa shape index (κ3) is 3.32. The van der Waals surface area contributed by atoms with Gasteiger partial charge < -0.3 is 10.4 Å². The number of aliphatic hydroxyl groups excluding tert-OH is 1. The zero-order valence-corrected chi connectivity index (χ0v) is 11.0. The van der Waals surface area contributed by atoms with Crippen molar-refractivity contribution >= 4 is 21.8 Å². The van der Waals surface area contributed by atoms with Gasteiger partial charge in [0, 0.05) is 10.0 Å². The summed E-state index contributed by atoms with van der Waals surface area (Å²) in [5, 5.41) is 11.8. The number of hydrogen-bond donors (Lipinski definition) is 2. The van der Waals surface area contributed by atoms with Crippen molar-refractivity contribution in [3.8, 4) is 0 Å². The normalized spacial score (nSPS) is 12.2. The lowest BCUT2D eigenvalue weighted by Gasteiger charge is -2.14. The van der Waals surface area contributed by atoms with E-state index in [1.807, 2.05) is 19.9 Å². The highest BCUT2D eigenvalue weighted by molar-refractivity contribution is 9.10. The van der Waals surface area contributed by atoms with Crippen LogP contribution in [0.2, 0.25) is 0 Å². The molecule has 0 unspecified atom stereocenters. The van der Waals surface area contributed by atoms with Gasteiger partial charge in [-0.05, 0) is 31.0 Å². The van der Waals surface area contributed by atoms with Crippen molar-refractivity contribution < 1.29 is 9.90 Å². The Balaban J connectivity index is 2.76. The molecule has 0 fully saturated rings. The van der Waals surface area contributed by atoms with Crippen molar-refractivity contribution in [1.82, 2.24) is 5.32 Å². The number of hydrogen-bond acceptors (Lipinski definition) is 2. The molecule has 1 rings (SSSR count). The Labute approximate surface area is 104 Å². The molecular formula is C12H16BrNO2. The van der Waals surface area contributed by atoms with Gasteiger partial charge in [0.25, 0.3) is 5.91 Å². The van der Waals surface area contributed by atoms with Crippen molar-refractivity contribution in [2.45, 2.75) is 26.3 Å². The largest absolute Gasteiger partial charge is 0.394 e. The fourth-order valence-corrected chi connectivity index (χ4v) is 1.66. The minimum absolute atomic E-state index is 0.0325. The van der Waals surface area contributed by atoms with Gasteiger partial charge in [0.2, 0.25) is 0 Å². The third-order valence-electron chi connectivity index (χ3n) is 2.48. The summed E-state index contributed by atoms with van der Waals surface area (Å²) in [7, 11) is 0. The van der Waals surface area contributed by atoms with Crippen LogP contribution in [0.4, 0.5) is 0 Å². The van der Waals surface area contributed by atoms with E-state index in [1.54, 1.807) is 12.1 Å². The number of nitrogens with one attached hydrogen (secondary N) is 1. The van der Waals surface area contributed by atoms with Crippen LogP contribution in [0, 0.1) is 6.92 Å². The number of aryl methyl sites for hydroxylation is 1. The Bertz CT molecular complexity index is 375. The minimum atomic E-state index is -0.174. The lowest BCUT2D eigenvalue weighted by atomic mass is 10.1. The zero-order chi connectivity index (χ0) is 12.1. The van der Waals surface area contributed by atoms with Crippen molar-refractivity contribution in [2.24, 2.45) is 0 Å². The molecule has 0 bridgehead atoms. The third-order valence-corrected chi connectivity index (χ3v) is 3.34. The molecule has 0 spiro atoms. The topological polar surface area (TPSA) is 49.3 Å². The first kappa shape index (κ1) is 13.2. The second kappa shape index (κ2) is 6.01. The molecule has 0 radical (unpaired) electrons. The van der Waals surface area contributed by atoms with E-state index < -0.39 is 0 Å². The van der Waals surface area contributed by atoms with Crippen LogP contribution in [0.25, 0.3) is 0 Å². The van der Waals surface area contributed by atoms with Crippen LogP contribution in [0.3, 0.4) is 0 Å². The highest BCUT2D eigenvalue weighted by atomic mass is 79.9. The van der Waals surface area contributed by atoms with E-state index in [0.29, 0.717) is 5.56 Å². The number of carbonyl (C=O) groups is 1. The smallest absolute Gasteiger partial charge is 0.251 e. The number of carbonyl (C=O) groups excluding carboxylic acids is 1. The highest BCUT2D eigenvalue weighted by Crippen LogP contribution is 2.17. The molecule has 0 aliphatic rings. The molecule has 3 nitrogen and oxygen atoms in total. The molecule has 0 aromatic heterocycles. The van der Waals surface area contributed by atoms with Gasteiger partial charge in [0.05, 0.1) is 12.6 Å². The summed E-state index contributed by atoms with van der Waals surface area (Å²) in [5.74, 6) is -0.151. The molecular weight excluding hydrogens is 270 g/mol. The Kier molecular flexibility index (Phi) is 4.96. The first-order valence-corrected chi connectivity index (χ1v) is 6.05. The van der Waals surface area contributed by atoms with Crippen molar-refractivity contribution in [3.05, 3.63) is 33.8 Å². The summed E-state index contributed by atoms with van der Waals surface area (Å²) in [5.41, 5.74) is 1.69. The highest BCUT2D eigenvalue weighted by Gasteiger charge is 2.11. The Morgan fingerprint density at radius 1 is 1.56 bits per heavy atom. The molecule has 1 aromatic carbocycles. The average molecular weight is 286 g/mol. The van der Waals surface area contributed by atoms with Gasteiger partial charge >= 0.3 is 0 Å². The molecule has 0 aliphatic carbocycles. The van der Waals surface area contributed by atoms with Crippen molar-refractivity contribution in [3.63, 3.8) is 0 Å². The summed E-state index contributed by atoms with van der Waals surface area (Å²) >= 11 is 3.39. The maximum Gasteiger partial charge on any atom is 0.251 e. The number of rotatable bonds is 4. The summed E-state index contributed by atoms with van der Waals surface area (Å²) in [4.78, 5) is 11.8. The number of benzene rings is 1. The van der Waals surface area contributed by atoms with Crippen molar-refractivity contribution in [2.75, 3.05) is 6.61 Å². The average Bonchev–Trinajstić information content (AvgIpc) is 2.29. The van der Waals surface area contributed by atoms with E-state index >= 15 is 0 Å². The fourth-order valence-electron chi connectivity index (χ4n) is 1.28. The van der Waals surface area contributed by atoms with E-state index in [2.05, 4.69) is 21.2 Å². The predicted molar refractivity (Wildman–Crippen MR) is 67.5 cm³/mol. The van der Waals surface area contributed by atoms with E-state index in [9.17, 15) is 4.79 Å². The number of amides is 1. The first-order chi connectivity index (χ1) is 7.58. The fraction of sp³-hybridized carbons (Fsp3) is 0.417. The van der Waals surface area contributed by atoms with Crippen LogP contribution in [-0.2, 0) is 0 Å². The summed E-state index contributed by atoms with van der Waals surface area (Å²) in [6, 6.07) is 5.28. The van der Waals surface area contributed by atoms with Crippen LogP contribution in [0.5, 0.6) is 0 Å². The number of halogens is 1. The van der Waals surface area contributed by atoms with E-state index in [-0.39, 0.29) is 18.6 Å². The van der Waals surface area contributed by atoms with Gasteiger partial charge in [-0.25, -0.2) is 0 Å². The van der Waals surface area contributed by atoms with Crippen LogP contribution in [0.1, 0.15) is 29.3 Å². The van der Waals surface area contributed by atoms with Crippen LogP contribution >= 0.6 is 15.9 Å². The lowest BCUT2D eigenvalue weighted by Crippen LogP contribution is -2.36. The molecule has 2 N–H and O–H groups in total. The number of aliphatic hydroxyl groups is 1. The molecule has 0 saturated heterocycles. The Hall–Kier alpha value is -0.870. The summed E-state index contributed by atoms with van der Waals surface area (Å²) < 4.78 is 0.914. The van der Waals surface area contributed by atoms with E-state index in [4.69, 9.17) is 5.11 Å². The SMILES string of the molecule is CC[C@@H](CO)NC(=O)c1ccc(C)c(Br)c1. The van der Waals surface area contributed by atoms with Gasteiger partial charge in [-0.2, -0.15) is 0 Å². The molecule has 1 aromatic rings. The molecule has 4 heteroatoms. The Morgan fingerprint density at radius 2 is 2.25 bits per heavy atom. The Morgan fingerprint density at radius 3 is 2.75 bits per heavy atom. The molecule has 16 heavy (non-hydrogen) atoms. The minimum Gasteiger partial charge on any atom is -0.394 e. The second-order valence-corrected chi connectivity index (χ2v) is 4.58. The second-order valence-electron chi connectivity index (χ2n) is 3.73. The molecule has 88 valence electrons. The first-order valence-electron chi connectivity index (χ1n) is 5.26. The van der Waals surface area contributed by atoms with Gasteiger partial charge in [0.1, 0.15) is 0 Å². The zero-order valence-electron chi connectivity index (χ0n) is 9.46.